The molecule has 0 bridgehead atoms. The van der Waals surface area contributed by atoms with Gasteiger partial charge in [-0.05, 0) is 13.3 Å². The molecule has 0 spiro atoms. The second kappa shape index (κ2) is 5.68. The average molecular weight is 224 g/mol. The van der Waals surface area contributed by atoms with Crippen molar-refractivity contribution in [1.29, 1.82) is 0 Å². The molecule has 0 saturated carbocycles. The number of aryl methyl sites for hydroxylation is 1. The van der Waals surface area contributed by atoms with Gasteiger partial charge in [-0.3, -0.25) is 0 Å². The van der Waals surface area contributed by atoms with E-state index in [2.05, 4.69) is 18.4 Å². The number of imidazole rings is 1. The minimum Gasteiger partial charge on any atom is -0.546 e. The summed E-state index contributed by atoms with van der Waals surface area (Å²) in [5, 5.41) is 10.7. The molecule has 0 aromatic carbocycles. The number of carboxylic acids is 1. The summed E-state index contributed by atoms with van der Waals surface area (Å²) in [7, 11) is 0. The zero-order valence-electron chi connectivity index (χ0n) is 10.3. The number of aliphatic carboxylic acids is 1. The van der Waals surface area contributed by atoms with E-state index in [-0.39, 0.29) is 6.54 Å². The Hall–Kier alpha value is -1.32. The van der Waals surface area contributed by atoms with Crippen LogP contribution in [-0.2, 0) is 24.3 Å². The van der Waals surface area contributed by atoms with Crippen LogP contribution in [0.3, 0.4) is 0 Å². The first-order chi connectivity index (χ1) is 7.60. The van der Waals surface area contributed by atoms with E-state index in [4.69, 9.17) is 0 Å². The van der Waals surface area contributed by atoms with Gasteiger partial charge in [-0.2, -0.15) is 0 Å². The fourth-order valence-corrected chi connectivity index (χ4v) is 2.05. The van der Waals surface area contributed by atoms with Crippen molar-refractivity contribution < 1.29 is 14.5 Å². The van der Waals surface area contributed by atoms with Gasteiger partial charge in [0.2, 0.25) is 0 Å². The lowest BCUT2D eigenvalue weighted by Gasteiger charge is -2.04. The van der Waals surface area contributed by atoms with Gasteiger partial charge >= 0.3 is 0 Å². The predicted octanol–water partition coefficient (Wildman–Crippen LogP) is 0.196. The molecule has 1 aromatic rings. The number of hydrogen-bond donors (Lipinski definition) is 0. The number of rotatable bonds is 6. The summed E-state index contributed by atoms with van der Waals surface area (Å²) in [5.74, 6) is 0.0575. The van der Waals surface area contributed by atoms with Crippen LogP contribution in [0.1, 0.15) is 38.2 Å². The van der Waals surface area contributed by atoms with Crippen molar-refractivity contribution in [2.75, 3.05) is 0 Å². The second-order valence-electron chi connectivity index (χ2n) is 4.03. The Morgan fingerprint density at radius 1 is 1.50 bits per heavy atom. The van der Waals surface area contributed by atoms with Crippen molar-refractivity contribution in [2.45, 2.75) is 53.1 Å². The van der Waals surface area contributed by atoms with Crippen LogP contribution in [0, 0.1) is 6.92 Å². The SMILES string of the molecule is CCCCc1n(CC)c(C)c[n+]1CC(=O)[O-]. The molecule has 4 heteroatoms. The smallest absolute Gasteiger partial charge is 0.256 e. The van der Waals surface area contributed by atoms with Gasteiger partial charge < -0.3 is 9.90 Å². The minimum absolute atomic E-state index is 0.0487. The van der Waals surface area contributed by atoms with Crippen LogP contribution in [0.25, 0.3) is 0 Å². The van der Waals surface area contributed by atoms with Crippen LogP contribution in [0.15, 0.2) is 6.20 Å². The Bertz CT molecular complexity index is 369. The van der Waals surface area contributed by atoms with Crippen LogP contribution in [0.5, 0.6) is 0 Å². The summed E-state index contributed by atoms with van der Waals surface area (Å²) < 4.78 is 3.96. The lowest BCUT2D eigenvalue weighted by atomic mass is 10.2. The van der Waals surface area contributed by atoms with Crippen molar-refractivity contribution in [2.24, 2.45) is 0 Å². The van der Waals surface area contributed by atoms with E-state index >= 15 is 0 Å². The minimum atomic E-state index is -1.03. The molecule has 90 valence electrons. The van der Waals surface area contributed by atoms with E-state index in [1.807, 2.05) is 13.1 Å². The molecule has 0 unspecified atom stereocenters. The highest BCUT2D eigenvalue weighted by molar-refractivity contribution is 5.62. The monoisotopic (exact) mass is 224 g/mol. The topological polar surface area (TPSA) is 48.9 Å². The number of unbranched alkanes of at least 4 members (excludes halogenated alkanes) is 1. The zero-order valence-corrected chi connectivity index (χ0v) is 10.3. The van der Waals surface area contributed by atoms with Gasteiger partial charge in [-0.1, -0.05) is 13.3 Å². The Morgan fingerprint density at radius 3 is 2.69 bits per heavy atom. The first-order valence-corrected chi connectivity index (χ1v) is 5.88. The van der Waals surface area contributed by atoms with Crippen molar-refractivity contribution in [3.63, 3.8) is 0 Å². The van der Waals surface area contributed by atoms with Gasteiger partial charge in [0.25, 0.3) is 5.82 Å². The first-order valence-electron chi connectivity index (χ1n) is 5.88. The van der Waals surface area contributed by atoms with Gasteiger partial charge in [-0.15, -0.1) is 0 Å². The summed E-state index contributed by atoms with van der Waals surface area (Å²) in [4.78, 5) is 10.7. The molecule has 1 aromatic heterocycles. The van der Waals surface area contributed by atoms with Crippen molar-refractivity contribution in [3.8, 4) is 0 Å². The standard InChI is InChI=1S/C12H20N2O2/c1-4-6-7-11-13(9-12(15)16)8-10(3)14(11)5-2/h8H,4-7,9H2,1-3H3. The molecule has 1 rings (SSSR count). The van der Waals surface area contributed by atoms with Crippen LogP contribution < -0.4 is 9.67 Å². The molecule has 0 N–H and O–H groups in total. The first kappa shape index (κ1) is 12.7. The molecule has 1 heterocycles. The van der Waals surface area contributed by atoms with Gasteiger partial charge in [0.15, 0.2) is 0 Å². The van der Waals surface area contributed by atoms with Gasteiger partial charge in [-0.25, -0.2) is 9.13 Å². The highest BCUT2D eigenvalue weighted by atomic mass is 16.4. The summed E-state index contributed by atoms with van der Waals surface area (Å²) in [6.45, 7) is 7.05. The van der Waals surface area contributed by atoms with Gasteiger partial charge in [0.05, 0.1) is 12.5 Å². The number of aromatic nitrogens is 2. The number of carbonyl (C=O) groups is 1. The van der Waals surface area contributed by atoms with E-state index in [9.17, 15) is 9.90 Å². The number of carboxylic acid groups (broad SMARTS) is 1. The molecule has 0 amide bonds. The molecule has 0 atom stereocenters. The van der Waals surface area contributed by atoms with Crippen LogP contribution in [-0.4, -0.2) is 10.5 Å². The Labute approximate surface area is 96.5 Å². The molecule has 0 aliphatic heterocycles. The van der Waals surface area contributed by atoms with E-state index in [0.29, 0.717) is 0 Å². The summed E-state index contributed by atoms with van der Waals surface area (Å²) in [6.07, 6.45) is 5.01. The maximum Gasteiger partial charge on any atom is 0.256 e. The van der Waals surface area contributed by atoms with E-state index in [0.717, 1.165) is 37.3 Å². The number of hydrogen-bond acceptors (Lipinski definition) is 2. The normalized spacial score (nSPS) is 10.7. The van der Waals surface area contributed by atoms with Gasteiger partial charge in [0.1, 0.15) is 18.4 Å². The molecule has 0 aliphatic rings. The Morgan fingerprint density at radius 2 is 2.19 bits per heavy atom. The average Bonchev–Trinajstić information content (AvgIpc) is 2.50. The number of carbonyl (C=O) groups excluding carboxylic acids is 1. The Balaban J connectivity index is 3.00. The molecule has 0 fully saturated rings. The fraction of sp³-hybridized carbons (Fsp3) is 0.667. The summed E-state index contributed by atoms with van der Waals surface area (Å²) in [6, 6.07) is 0. The molecular weight excluding hydrogens is 204 g/mol. The maximum absolute atomic E-state index is 10.7. The molecule has 4 nitrogen and oxygen atoms in total. The van der Waals surface area contributed by atoms with E-state index in [1.54, 1.807) is 4.57 Å². The van der Waals surface area contributed by atoms with Crippen LogP contribution in [0.2, 0.25) is 0 Å². The molecule has 16 heavy (non-hydrogen) atoms. The molecule has 0 saturated heterocycles. The van der Waals surface area contributed by atoms with Gasteiger partial charge in [0, 0.05) is 13.3 Å². The second-order valence-corrected chi connectivity index (χ2v) is 4.03. The Kier molecular flexibility index (Phi) is 4.52. The van der Waals surface area contributed by atoms with E-state index < -0.39 is 5.97 Å². The van der Waals surface area contributed by atoms with Crippen molar-refractivity contribution in [3.05, 3.63) is 17.7 Å². The lowest BCUT2D eigenvalue weighted by Crippen LogP contribution is -2.45. The maximum atomic E-state index is 10.7. The summed E-state index contributed by atoms with van der Waals surface area (Å²) >= 11 is 0. The number of nitrogens with zero attached hydrogens (tertiary/aromatic N) is 2. The highest BCUT2D eigenvalue weighted by Crippen LogP contribution is 2.06. The largest absolute Gasteiger partial charge is 0.546 e. The third-order valence-corrected chi connectivity index (χ3v) is 2.78. The van der Waals surface area contributed by atoms with Crippen molar-refractivity contribution in [1.82, 2.24) is 4.57 Å². The lowest BCUT2D eigenvalue weighted by molar-refractivity contribution is -0.697. The summed E-state index contributed by atoms with van der Waals surface area (Å²) in [5.41, 5.74) is 1.11. The predicted molar refractivity (Wildman–Crippen MR) is 58.7 cm³/mol. The van der Waals surface area contributed by atoms with E-state index in [1.165, 1.54) is 0 Å². The van der Waals surface area contributed by atoms with Crippen LogP contribution >= 0.6 is 0 Å². The van der Waals surface area contributed by atoms with Crippen LogP contribution in [0.4, 0.5) is 0 Å². The zero-order chi connectivity index (χ0) is 12.1. The third kappa shape index (κ3) is 2.84. The fourth-order valence-electron chi connectivity index (χ4n) is 2.05. The molecule has 0 aliphatic carbocycles. The molecule has 0 radical (unpaired) electrons. The van der Waals surface area contributed by atoms with Crippen molar-refractivity contribution >= 4 is 5.97 Å². The highest BCUT2D eigenvalue weighted by Gasteiger charge is 2.18. The quantitative estimate of drug-likeness (QED) is 0.648. The molecular formula is C12H20N2O2. The third-order valence-electron chi connectivity index (χ3n) is 2.78.